The molecule has 32 heavy (non-hydrogen) atoms. The number of hydrogen-bond acceptors (Lipinski definition) is 4. The number of rotatable bonds is 8. The van der Waals surface area contributed by atoms with Crippen molar-refractivity contribution in [2.45, 2.75) is 18.7 Å². The molecule has 0 saturated heterocycles. The molecule has 0 fully saturated rings. The predicted octanol–water partition coefficient (Wildman–Crippen LogP) is 5.22. The predicted molar refractivity (Wildman–Crippen MR) is 127 cm³/mol. The van der Waals surface area contributed by atoms with Crippen molar-refractivity contribution in [3.63, 3.8) is 0 Å². The lowest BCUT2D eigenvalue weighted by Gasteiger charge is -2.13. The summed E-state index contributed by atoms with van der Waals surface area (Å²) in [6.07, 6.45) is 0. The van der Waals surface area contributed by atoms with Gasteiger partial charge in [-0.25, -0.2) is 8.42 Å². The van der Waals surface area contributed by atoms with E-state index < -0.39 is 15.9 Å². The molecule has 3 aromatic rings. The standard InChI is InChI=1S/C23H22Cl2N2O4S/c1-15-3-7-19(13-16(15)2)27-32(29,30)22-14-17(4-10-21(22)25)23(28)26-11-12-31-20-8-5-18(24)6-9-20/h3-10,13-14,27H,11-12H2,1-2H3,(H,26,28). The first-order valence-corrected chi connectivity index (χ1v) is 12.0. The van der Waals surface area contributed by atoms with E-state index in [2.05, 4.69) is 10.0 Å². The summed E-state index contributed by atoms with van der Waals surface area (Å²) in [5.41, 5.74) is 2.58. The summed E-state index contributed by atoms with van der Waals surface area (Å²) in [4.78, 5) is 12.3. The molecule has 3 aromatic carbocycles. The lowest BCUT2D eigenvalue weighted by atomic mass is 10.1. The van der Waals surface area contributed by atoms with Crippen LogP contribution in [0.3, 0.4) is 0 Å². The molecule has 2 N–H and O–H groups in total. The molecule has 168 valence electrons. The van der Waals surface area contributed by atoms with Crippen LogP contribution >= 0.6 is 23.2 Å². The largest absolute Gasteiger partial charge is 0.492 e. The van der Waals surface area contributed by atoms with E-state index in [-0.39, 0.29) is 28.6 Å². The Morgan fingerprint density at radius 1 is 0.938 bits per heavy atom. The van der Waals surface area contributed by atoms with Crippen molar-refractivity contribution < 1.29 is 17.9 Å². The monoisotopic (exact) mass is 492 g/mol. The van der Waals surface area contributed by atoms with Crippen molar-refractivity contribution >= 4 is 44.8 Å². The topological polar surface area (TPSA) is 84.5 Å². The third-order valence-electron chi connectivity index (χ3n) is 4.71. The Balaban J connectivity index is 1.66. The number of carbonyl (C=O) groups is 1. The number of aryl methyl sites for hydroxylation is 2. The van der Waals surface area contributed by atoms with Gasteiger partial charge in [0.2, 0.25) is 0 Å². The van der Waals surface area contributed by atoms with Gasteiger partial charge in [0.05, 0.1) is 11.6 Å². The number of amides is 1. The molecule has 0 aliphatic rings. The first-order chi connectivity index (χ1) is 15.2. The zero-order valence-corrected chi connectivity index (χ0v) is 19.8. The molecule has 9 heteroatoms. The first kappa shape index (κ1) is 23.9. The maximum absolute atomic E-state index is 12.9. The Labute approximate surface area is 197 Å². The fourth-order valence-corrected chi connectivity index (χ4v) is 4.53. The van der Waals surface area contributed by atoms with Crippen molar-refractivity contribution in [1.29, 1.82) is 0 Å². The van der Waals surface area contributed by atoms with Gasteiger partial charge in [-0.2, -0.15) is 0 Å². The molecule has 0 aliphatic carbocycles. The van der Waals surface area contributed by atoms with Gasteiger partial charge in [-0.15, -0.1) is 0 Å². The fraction of sp³-hybridized carbons (Fsp3) is 0.174. The lowest BCUT2D eigenvalue weighted by Crippen LogP contribution is -2.28. The molecule has 0 aliphatic heterocycles. The van der Waals surface area contributed by atoms with Crippen LogP contribution in [0.1, 0.15) is 21.5 Å². The molecule has 0 bridgehead atoms. The van der Waals surface area contributed by atoms with Gasteiger partial charge in [-0.3, -0.25) is 9.52 Å². The van der Waals surface area contributed by atoms with E-state index >= 15 is 0 Å². The minimum Gasteiger partial charge on any atom is -0.492 e. The minimum atomic E-state index is -3.99. The Bertz CT molecular complexity index is 1230. The van der Waals surface area contributed by atoms with Gasteiger partial charge < -0.3 is 10.1 Å². The second kappa shape index (κ2) is 10.3. The minimum absolute atomic E-state index is 0.0176. The number of nitrogens with one attached hydrogen (secondary N) is 2. The molecule has 0 unspecified atom stereocenters. The van der Waals surface area contributed by atoms with Gasteiger partial charge in [0, 0.05) is 16.3 Å². The highest BCUT2D eigenvalue weighted by Gasteiger charge is 2.20. The number of ether oxygens (including phenoxy) is 1. The van der Waals surface area contributed by atoms with Gasteiger partial charge in [-0.1, -0.05) is 29.3 Å². The number of hydrogen-bond donors (Lipinski definition) is 2. The van der Waals surface area contributed by atoms with Crippen LogP contribution < -0.4 is 14.8 Å². The molecular weight excluding hydrogens is 471 g/mol. The number of anilines is 1. The van der Waals surface area contributed by atoms with Crippen LogP contribution in [0, 0.1) is 13.8 Å². The van der Waals surface area contributed by atoms with Gasteiger partial charge in [-0.05, 0) is 79.6 Å². The van der Waals surface area contributed by atoms with Crippen molar-refractivity contribution in [1.82, 2.24) is 5.32 Å². The molecule has 0 radical (unpaired) electrons. The second-order valence-corrected chi connectivity index (χ2v) is 9.60. The Morgan fingerprint density at radius 3 is 2.34 bits per heavy atom. The van der Waals surface area contributed by atoms with Gasteiger partial charge in [0.15, 0.2) is 0 Å². The third kappa shape index (κ3) is 6.16. The molecule has 3 rings (SSSR count). The van der Waals surface area contributed by atoms with E-state index in [1.807, 2.05) is 19.9 Å². The maximum atomic E-state index is 12.9. The fourth-order valence-electron chi connectivity index (χ4n) is 2.83. The molecular formula is C23H22Cl2N2O4S. The zero-order chi connectivity index (χ0) is 23.3. The van der Waals surface area contributed by atoms with Crippen LogP contribution in [0.4, 0.5) is 5.69 Å². The van der Waals surface area contributed by atoms with Crippen LogP contribution in [0.15, 0.2) is 65.6 Å². The summed E-state index contributed by atoms with van der Waals surface area (Å²) in [5.74, 6) is 0.185. The van der Waals surface area contributed by atoms with Crippen LogP contribution in [-0.2, 0) is 10.0 Å². The molecule has 0 aromatic heterocycles. The quantitative estimate of drug-likeness (QED) is 0.422. The van der Waals surface area contributed by atoms with E-state index in [1.165, 1.54) is 18.2 Å². The summed E-state index contributed by atoms with van der Waals surface area (Å²) in [6.45, 7) is 4.29. The van der Waals surface area contributed by atoms with Crippen LogP contribution in [0.5, 0.6) is 5.75 Å². The third-order valence-corrected chi connectivity index (χ3v) is 6.83. The summed E-state index contributed by atoms with van der Waals surface area (Å²) in [5, 5.41) is 3.31. The number of carbonyl (C=O) groups excluding carboxylic acids is 1. The number of benzene rings is 3. The lowest BCUT2D eigenvalue weighted by molar-refractivity contribution is 0.0947. The molecule has 1 amide bonds. The Morgan fingerprint density at radius 2 is 1.66 bits per heavy atom. The van der Waals surface area contributed by atoms with E-state index in [0.29, 0.717) is 16.5 Å². The summed E-state index contributed by atoms with van der Waals surface area (Å²) in [6, 6.07) is 16.2. The molecule has 0 atom stereocenters. The molecule has 0 heterocycles. The zero-order valence-electron chi connectivity index (χ0n) is 17.5. The molecule has 0 saturated carbocycles. The van der Waals surface area contributed by atoms with Crippen LogP contribution in [-0.4, -0.2) is 27.5 Å². The average Bonchev–Trinajstić information content (AvgIpc) is 2.75. The van der Waals surface area contributed by atoms with Crippen LogP contribution in [0.25, 0.3) is 0 Å². The van der Waals surface area contributed by atoms with Gasteiger partial charge in [0.1, 0.15) is 17.3 Å². The van der Waals surface area contributed by atoms with E-state index in [9.17, 15) is 13.2 Å². The van der Waals surface area contributed by atoms with Crippen molar-refractivity contribution in [3.05, 3.63) is 87.4 Å². The number of sulfonamides is 1. The Kier molecular flexibility index (Phi) is 7.66. The van der Waals surface area contributed by atoms with E-state index in [4.69, 9.17) is 27.9 Å². The van der Waals surface area contributed by atoms with Crippen LogP contribution in [0.2, 0.25) is 10.0 Å². The Hall–Kier alpha value is -2.74. The first-order valence-electron chi connectivity index (χ1n) is 9.72. The summed E-state index contributed by atoms with van der Waals surface area (Å²) >= 11 is 12.0. The van der Waals surface area contributed by atoms with E-state index in [1.54, 1.807) is 36.4 Å². The normalized spacial score (nSPS) is 11.1. The SMILES string of the molecule is Cc1ccc(NS(=O)(=O)c2cc(C(=O)NCCOc3ccc(Cl)cc3)ccc2Cl)cc1C. The van der Waals surface area contributed by atoms with E-state index in [0.717, 1.165) is 11.1 Å². The molecule has 0 spiro atoms. The maximum Gasteiger partial charge on any atom is 0.263 e. The highest BCUT2D eigenvalue weighted by atomic mass is 35.5. The molecule has 6 nitrogen and oxygen atoms in total. The van der Waals surface area contributed by atoms with Crippen molar-refractivity contribution in [3.8, 4) is 5.75 Å². The smallest absolute Gasteiger partial charge is 0.263 e. The van der Waals surface area contributed by atoms with Gasteiger partial charge >= 0.3 is 0 Å². The van der Waals surface area contributed by atoms with Gasteiger partial charge in [0.25, 0.3) is 15.9 Å². The van der Waals surface area contributed by atoms with Crippen molar-refractivity contribution in [2.24, 2.45) is 0 Å². The van der Waals surface area contributed by atoms with Crippen molar-refractivity contribution in [2.75, 3.05) is 17.9 Å². The second-order valence-electron chi connectivity index (χ2n) is 7.11. The average molecular weight is 493 g/mol. The highest BCUT2D eigenvalue weighted by Crippen LogP contribution is 2.26. The highest BCUT2D eigenvalue weighted by molar-refractivity contribution is 7.92. The summed E-state index contributed by atoms with van der Waals surface area (Å²) in [7, 11) is -3.99. The number of halogens is 2. The summed E-state index contributed by atoms with van der Waals surface area (Å²) < 4.78 is 33.8.